The molecule has 1 unspecified atom stereocenters. The second-order valence-electron chi connectivity index (χ2n) is 9.17. The van der Waals surface area contributed by atoms with Crippen molar-refractivity contribution in [2.75, 3.05) is 20.4 Å². The van der Waals surface area contributed by atoms with Gasteiger partial charge in [-0.05, 0) is 29.7 Å². The van der Waals surface area contributed by atoms with Crippen LogP contribution in [0.3, 0.4) is 0 Å². The van der Waals surface area contributed by atoms with Gasteiger partial charge >= 0.3 is 5.69 Å². The zero-order chi connectivity index (χ0) is 23.2. The molecule has 0 saturated carbocycles. The number of hydrogen-bond donors (Lipinski definition) is 2. The second kappa shape index (κ2) is 6.72. The summed E-state index contributed by atoms with van der Waals surface area (Å²) in [5.74, 6) is 0.729. The Labute approximate surface area is 188 Å². The lowest BCUT2D eigenvalue weighted by molar-refractivity contribution is 0.0586. The molecule has 1 aliphatic carbocycles. The summed E-state index contributed by atoms with van der Waals surface area (Å²) in [6.07, 6.45) is 3.68. The van der Waals surface area contributed by atoms with Crippen LogP contribution < -0.4 is 20.7 Å². The lowest BCUT2D eigenvalue weighted by Crippen LogP contribution is -2.54. The zero-order valence-corrected chi connectivity index (χ0v) is 18.5. The van der Waals surface area contributed by atoms with Gasteiger partial charge < -0.3 is 24.4 Å². The fourth-order valence-corrected chi connectivity index (χ4v) is 6.16. The number of rotatable bonds is 2. The van der Waals surface area contributed by atoms with E-state index in [1.165, 1.54) is 14.1 Å². The van der Waals surface area contributed by atoms with Crippen LogP contribution in [0.2, 0.25) is 0 Å². The molecule has 174 valence electrons. The van der Waals surface area contributed by atoms with Gasteiger partial charge in [0.15, 0.2) is 11.5 Å². The molecule has 3 aliphatic heterocycles. The molecule has 1 aromatic heterocycles. The maximum Gasteiger partial charge on any atom is 0.333 e. The highest BCUT2D eigenvalue weighted by atomic mass is 16.7. The first-order valence-electron chi connectivity index (χ1n) is 10.9. The van der Waals surface area contributed by atoms with Crippen LogP contribution in [0.25, 0.3) is 0 Å². The van der Waals surface area contributed by atoms with Gasteiger partial charge in [0.25, 0.3) is 5.56 Å². The molecule has 0 spiro atoms. The predicted molar refractivity (Wildman–Crippen MR) is 116 cm³/mol. The summed E-state index contributed by atoms with van der Waals surface area (Å²) in [5, 5.41) is 22.4. The molecule has 1 aromatic carbocycles. The number of aliphatic hydroxyl groups is 1. The summed E-state index contributed by atoms with van der Waals surface area (Å²) < 4.78 is 18.9. The van der Waals surface area contributed by atoms with E-state index >= 15 is 0 Å². The predicted octanol–water partition coefficient (Wildman–Crippen LogP) is -0.121. The Morgan fingerprint density at radius 2 is 1.88 bits per heavy atom. The van der Waals surface area contributed by atoms with Crippen molar-refractivity contribution < 1.29 is 24.4 Å². The summed E-state index contributed by atoms with van der Waals surface area (Å²) in [5.41, 5.74) is -0.260. The number of aromatic nitrogens is 2. The first-order chi connectivity index (χ1) is 15.8. The van der Waals surface area contributed by atoms with Gasteiger partial charge in [0.1, 0.15) is 0 Å². The normalized spacial score (nSPS) is 33.2. The first-order valence-corrected chi connectivity index (χ1v) is 10.9. The number of nitrogens with zero attached hydrogens (tertiary/aromatic N) is 3. The lowest BCUT2D eigenvalue weighted by Gasteiger charge is -2.49. The van der Waals surface area contributed by atoms with Gasteiger partial charge in [0, 0.05) is 33.8 Å². The Hall–Kier alpha value is -3.08. The average molecular weight is 455 g/mol. The number of fused-ring (bicyclic) bond motifs is 2. The fraction of sp³-hybridized carbons (Fsp3) is 0.478. The molecule has 4 aliphatic rings. The minimum atomic E-state index is -0.751. The summed E-state index contributed by atoms with van der Waals surface area (Å²) in [6.45, 7) is 0.364. The smallest absolute Gasteiger partial charge is 0.333 e. The van der Waals surface area contributed by atoms with E-state index in [1.807, 2.05) is 29.2 Å². The molecule has 2 bridgehead atoms. The third kappa shape index (κ3) is 2.43. The van der Waals surface area contributed by atoms with Crippen molar-refractivity contribution in [3.05, 3.63) is 61.8 Å². The monoisotopic (exact) mass is 455 g/mol. The number of methoxy groups -OCH3 is 1. The number of benzene rings is 1. The van der Waals surface area contributed by atoms with Crippen molar-refractivity contribution in [3.63, 3.8) is 0 Å². The van der Waals surface area contributed by atoms with Gasteiger partial charge in [-0.1, -0.05) is 12.2 Å². The van der Waals surface area contributed by atoms with E-state index in [-0.39, 0.29) is 36.9 Å². The van der Waals surface area contributed by atoms with Crippen molar-refractivity contribution in [1.82, 2.24) is 14.0 Å². The lowest BCUT2D eigenvalue weighted by atomic mass is 9.63. The van der Waals surface area contributed by atoms with Gasteiger partial charge in [0.2, 0.25) is 12.7 Å². The van der Waals surface area contributed by atoms with Gasteiger partial charge in [-0.2, -0.15) is 0 Å². The number of aromatic hydroxyl groups is 1. The summed E-state index contributed by atoms with van der Waals surface area (Å²) in [4.78, 5) is 27.8. The van der Waals surface area contributed by atoms with Crippen LogP contribution in [0, 0.1) is 0 Å². The van der Waals surface area contributed by atoms with Crippen molar-refractivity contribution >= 4 is 0 Å². The number of aliphatic hydroxyl groups excluding tert-OH is 1. The summed E-state index contributed by atoms with van der Waals surface area (Å²) in [7, 11) is 4.46. The van der Waals surface area contributed by atoms with Crippen molar-refractivity contribution in [2.24, 2.45) is 14.1 Å². The van der Waals surface area contributed by atoms with E-state index in [0.29, 0.717) is 17.9 Å². The zero-order valence-electron chi connectivity index (χ0n) is 18.5. The Bertz CT molecular complexity index is 1330. The van der Waals surface area contributed by atoms with E-state index in [9.17, 15) is 19.8 Å². The molecule has 4 heterocycles. The molecule has 10 heteroatoms. The first kappa shape index (κ1) is 20.5. The highest BCUT2D eigenvalue weighted by molar-refractivity contribution is 5.60. The molecule has 1 fully saturated rings. The number of ether oxygens (including phenoxy) is 3. The molecule has 6 rings (SSSR count). The Kier molecular flexibility index (Phi) is 4.18. The minimum absolute atomic E-state index is 0.0834. The fourth-order valence-electron chi connectivity index (χ4n) is 6.16. The minimum Gasteiger partial charge on any atom is -0.494 e. The summed E-state index contributed by atoms with van der Waals surface area (Å²) in [6, 6.07) is 2.82. The van der Waals surface area contributed by atoms with E-state index in [4.69, 9.17) is 14.2 Å². The van der Waals surface area contributed by atoms with Crippen molar-refractivity contribution in [2.45, 2.75) is 36.1 Å². The molecular formula is C23H25N3O7. The molecule has 10 nitrogen and oxygen atoms in total. The molecule has 1 saturated heterocycles. The van der Waals surface area contributed by atoms with Crippen LogP contribution >= 0.6 is 0 Å². The highest BCUT2D eigenvalue weighted by Gasteiger charge is 2.62. The van der Waals surface area contributed by atoms with Crippen molar-refractivity contribution in [3.8, 4) is 17.4 Å². The van der Waals surface area contributed by atoms with Crippen LogP contribution in [0.15, 0.2) is 33.9 Å². The average Bonchev–Trinajstić information content (AvgIpc) is 3.37. The number of hydrogen-bond acceptors (Lipinski definition) is 8. The van der Waals surface area contributed by atoms with Gasteiger partial charge in [0.05, 0.1) is 29.2 Å². The third-order valence-electron chi connectivity index (χ3n) is 7.81. The van der Waals surface area contributed by atoms with Gasteiger partial charge in [-0.15, -0.1) is 0 Å². The van der Waals surface area contributed by atoms with Crippen LogP contribution in [-0.2, 0) is 24.2 Å². The summed E-state index contributed by atoms with van der Waals surface area (Å²) >= 11 is 0. The molecule has 33 heavy (non-hydrogen) atoms. The van der Waals surface area contributed by atoms with E-state index in [1.54, 1.807) is 7.11 Å². The standard InChI is InChI=1S/C23H25N3O7/c1-24-20(28)18(21(29)25(2)22(24)30)19-12-7-14-15(33-10-32-14)8-13(12)23-5-4-11(31-3)6-16(23)26(19)9-17(23)27/h4-5,7-8,11,16-17,19,27-28H,6,9-10H2,1-3H3/t11-,16+,17-,19-,23+/m1/s1. The molecule has 6 atom stereocenters. The topological polar surface area (TPSA) is 115 Å². The Balaban J connectivity index is 1.69. The van der Waals surface area contributed by atoms with E-state index in [0.717, 1.165) is 20.3 Å². The van der Waals surface area contributed by atoms with Crippen LogP contribution in [0.1, 0.15) is 29.2 Å². The van der Waals surface area contributed by atoms with Crippen LogP contribution in [-0.4, -0.2) is 62.9 Å². The van der Waals surface area contributed by atoms with Crippen molar-refractivity contribution in [1.29, 1.82) is 0 Å². The van der Waals surface area contributed by atoms with Crippen LogP contribution in [0.4, 0.5) is 0 Å². The maximum atomic E-state index is 13.3. The molecule has 2 aromatic rings. The Morgan fingerprint density at radius 1 is 1.15 bits per heavy atom. The molecule has 2 N–H and O–H groups in total. The van der Waals surface area contributed by atoms with Gasteiger partial charge in [-0.3, -0.25) is 18.8 Å². The molecule has 0 amide bonds. The largest absolute Gasteiger partial charge is 0.494 e. The Morgan fingerprint density at radius 3 is 2.61 bits per heavy atom. The molecule has 0 radical (unpaired) electrons. The van der Waals surface area contributed by atoms with Gasteiger partial charge in [-0.25, -0.2) is 4.79 Å². The van der Waals surface area contributed by atoms with E-state index in [2.05, 4.69) is 0 Å². The molecular weight excluding hydrogens is 430 g/mol. The highest BCUT2D eigenvalue weighted by Crippen LogP contribution is 2.58. The quantitative estimate of drug-likeness (QED) is 0.603. The third-order valence-corrected chi connectivity index (χ3v) is 7.81. The second-order valence-corrected chi connectivity index (χ2v) is 9.17. The maximum absolute atomic E-state index is 13.3. The SMILES string of the molecule is CO[C@@H]1C=C[C@@]23c4cc5c(cc4[C@H](c4c(O)n(C)c(=O)n(C)c4=O)N(C[C@H]2O)[C@H]3C1)OCO5. The van der Waals surface area contributed by atoms with E-state index < -0.39 is 28.8 Å². The van der Waals surface area contributed by atoms with Crippen LogP contribution in [0.5, 0.6) is 17.4 Å².